The molecule has 106 valence electrons. The smallest absolute Gasteiger partial charge is 0.253 e. The Balaban J connectivity index is 2.89. The van der Waals surface area contributed by atoms with Crippen LogP contribution in [0.5, 0.6) is 0 Å². The Hall–Kier alpha value is -1.29. The minimum Gasteiger partial charge on any atom is -0.370 e. The molecule has 1 heterocycles. The zero-order chi connectivity index (χ0) is 14.5. The summed E-state index contributed by atoms with van der Waals surface area (Å²) in [6.45, 7) is 8.88. The fourth-order valence-corrected chi connectivity index (χ4v) is 1.61. The molecule has 5 heteroatoms. The zero-order valence-corrected chi connectivity index (χ0v) is 12.8. The number of carbonyl (C=O) groups excluding carboxylic acids is 1. The van der Waals surface area contributed by atoms with Crippen molar-refractivity contribution >= 4 is 23.3 Å². The van der Waals surface area contributed by atoms with E-state index in [1.807, 2.05) is 20.8 Å². The SMILES string of the molecule is CCCNc1cc(C(=O)NC(C)(C)CC)c(Cl)cn1. The number of rotatable bonds is 6. The van der Waals surface area contributed by atoms with Gasteiger partial charge in [-0.25, -0.2) is 4.98 Å². The van der Waals surface area contributed by atoms with Gasteiger partial charge in [0, 0.05) is 18.3 Å². The van der Waals surface area contributed by atoms with E-state index in [9.17, 15) is 4.79 Å². The molecule has 1 amide bonds. The van der Waals surface area contributed by atoms with Gasteiger partial charge in [-0.15, -0.1) is 0 Å². The van der Waals surface area contributed by atoms with Crippen LogP contribution in [0.15, 0.2) is 12.3 Å². The maximum Gasteiger partial charge on any atom is 0.253 e. The molecule has 0 unspecified atom stereocenters. The molecule has 4 nitrogen and oxygen atoms in total. The molecule has 0 atom stereocenters. The predicted octanol–water partition coefficient (Wildman–Crippen LogP) is 3.48. The van der Waals surface area contributed by atoms with Gasteiger partial charge in [-0.3, -0.25) is 4.79 Å². The number of hydrogen-bond acceptors (Lipinski definition) is 3. The van der Waals surface area contributed by atoms with Crippen molar-refractivity contribution in [3.63, 3.8) is 0 Å². The van der Waals surface area contributed by atoms with E-state index in [2.05, 4.69) is 22.5 Å². The Labute approximate surface area is 120 Å². The Kier molecular flexibility index (Phi) is 5.60. The van der Waals surface area contributed by atoms with Crippen LogP contribution in [0.2, 0.25) is 5.02 Å². The molecule has 0 radical (unpaired) electrons. The zero-order valence-electron chi connectivity index (χ0n) is 12.0. The summed E-state index contributed by atoms with van der Waals surface area (Å²) >= 11 is 6.05. The number of anilines is 1. The number of hydrogen-bond donors (Lipinski definition) is 2. The fourth-order valence-electron chi connectivity index (χ4n) is 1.43. The van der Waals surface area contributed by atoms with Crippen LogP contribution in [0.4, 0.5) is 5.82 Å². The van der Waals surface area contributed by atoms with Crippen molar-refractivity contribution < 1.29 is 4.79 Å². The van der Waals surface area contributed by atoms with Crippen LogP contribution in [-0.2, 0) is 0 Å². The lowest BCUT2D eigenvalue weighted by Gasteiger charge is -2.24. The molecule has 0 aromatic carbocycles. The quantitative estimate of drug-likeness (QED) is 0.840. The van der Waals surface area contributed by atoms with Gasteiger partial charge in [0.1, 0.15) is 5.82 Å². The summed E-state index contributed by atoms with van der Waals surface area (Å²) in [6.07, 6.45) is 3.35. The fraction of sp³-hybridized carbons (Fsp3) is 0.571. The molecule has 1 aromatic heterocycles. The van der Waals surface area contributed by atoms with Gasteiger partial charge in [0.2, 0.25) is 0 Å². The Morgan fingerprint density at radius 1 is 1.42 bits per heavy atom. The summed E-state index contributed by atoms with van der Waals surface area (Å²) in [5, 5.41) is 6.48. The van der Waals surface area contributed by atoms with E-state index in [-0.39, 0.29) is 11.4 Å². The van der Waals surface area contributed by atoms with Crippen LogP contribution >= 0.6 is 11.6 Å². The Morgan fingerprint density at radius 2 is 2.11 bits per heavy atom. The first-order valence-corrected chi connectivity index (χ1v) is 6.99. The normalized spacial score (nSPS) is 11.2. The summed E-state index contributed by atoms with van der Waals surface area (Å²) in [4.78, 5) is 16.4. The summed E-state index contributed by atoms with van der Waals surface area (Å²) in [5.74, 6) is 0.504. The number of nitrogens with one attached hydrogen (secondary N) is 2. The van der Waals surface area contributed by atoms with Crippen molar-refractivity contribution in [1.29, 1.82) is 0 Å². The van der Waals surface area contributed by atoms with Gasteiger partial charge in [0.25, 0.3) is 5.91 Å². The molecule has 2 N–H and O–H groups in total. The minimum atomic E-state index is -0.249. The number of amides is 1. The molecule has 19 heavy (non-hydrogen) atoms. The van der Waals surface area contributed by atoms with E-state index in [4.69, 9.17) is 11.6 Å². The summed E-state index contributed by atoms with van der Waals surface area (Å²) in [5.41, 5.74) is 0.206. The van der Waals surface area contributed by atoms with Crippen molar-refractivity contribution in [3.05, 3.63) is 22.8 Å². The van der Waals surface area contributed by atoms with Crippen LogP contribution < -0.4 is 10.6 Å². The average Bonchev–Trinajstić information content (AvgIpc) is 2.37. The molecule has 0 saturated carbocycles. The van der Waals surface area contributed by atoms with E-state index in [0.29, 0.717) is 16.4 Å². The highest BCUT2D eigenvalue weighted by Gasteiger charge is 2.20. The highest BCUT2D eigenvalue weighted by atomic mass is 35.5. The molecule has 0 aliphatic heterocycles. The van der Waals surface area contributed by atoms with Gasteiger partial charge in [-0.2, -0.15) is 0 Å². The molecule has 0 fully saturated rings. The Morgan fingerprint density at radius 3 is 2.68 bits per heavy atom. The highest BCUT2D eigenvalue weighted by Crippen LogP contribution is 2.19. The third kappa shape index (κ3) is 4.71. The second kappa shape index (κ2) is 6.75. The summed E-state index contributed by atoms with van der Waals surface area (Å²) in [7, 11) is 0. The molecular formula is C14H22ClN3O. The van der Waals surface area contributed by atoms with Gasteiger partial charge < -0.3 is 10.6 Å². The van der Waals surface area contributed by atoms with Gasteiger partial charge in [0.05, 0.1) is 10.6 Å². The standard InChI is InChI=1S/C14H22ClN3O/c1-5-7-16-12-8-10(11(15)9-17-12)13(19)18-14(3,4)6-2/h8-9H,5-7H2,1-4H3,(H,16,17)(H,18,19). The summed E-state index contributed by atoms with van der Waals surface area (Å²) < 4.78 is 0. The molecule has 0 bridgehead atoms. The molecule has 0 aliphatic rings. The van der Waals surface area contributed by atoms with E-state index >= 15 is 0 Å². The van der Waals surface area contributed by atoms with Gasteiger partial charge in [-0.05, 0) is 32.8 Å². The molecule has 1 aromatic rings. The summed E-state index contributed by atoms with van der Waals surface area (Å²) in [6, 6.07) is 1.69. The Bertz CT molecular complexity index is 446. The number of carbonyl (C=O) groups is 1. The van der Waals surface area contributed by atoms with E-state index in [1.165, 1.54) is 6.20 Å². The largest absolute Gasteiger partial charge is 0.370 e. The van der Waals surface area contributed by atoms with E-state index in [1.54, 1.807) is 6.07 Å². The lowest BCUT2D eigenvalue weighted by molar-refractivity contribution is 0.0911. The van der Waals surface area contributed by atoms with E-state index < -0.39 is 0 Å². The monoisotopic (exact) mass is 283 g/mol. The second-order valence-electron chi connectivity index (χ2n) is 5.17. The molecule has 0 saturated heterocycles. The maximum atomic E-state index is 12.2. The topological polar surface area (TPSA) is 54.0 Å². The van der Waals surface area contributed by atoms with Crippen LogP contribution in [0, 0.1) is 0 Å². The molecule has 0 spiro atoms. The van der Waals surface area contributed by atoms with Crippen molar-refractivity contribution in [2.24, 2.45) is 0 Å². The third-order valence-electron chi connectivity index (χ3n) is 2.99. The van der Waals surface area contributed by atoms with Gasteiger partial charge in [-0.1, -0.05) is 25.4 Å². The lowest BCUT2D eigenvalue weighted by atomic mass is 10.0. The number of pyridine rings is 1. The second-order valence-corrected chi connectivity index (χ2v) is 5.57. The average molecular weight is 284 g/mol. The van der Waals surface area contributed by atoms with Crippen molar-refractivity contribution in [2.45, 2.75) is 46.1 Å². The lowest BCUT2D eigenvalue weighted by Crippen LogP contribution is -2.42. The first kappa shape index (κ1) is 15.8. The van der Waals surface area contributed by atoms with Crippen LogP contribution in [0.1, 0.15) is 50.9 Å². The highest BCUT2D eigenvalue weighted by molar-refractivity contribution is 6.33. The maximum absolute atomic E-state index is 12.2. The molecule has 1 rings (SSSR count). The van der Waals surface area contributed by atoms with Crippen LogP contribution in [-0.4, -0.2) is 23.0 Å². The predicted molar refractivity (Wildman–Crippen MR) is 79.9 cm³/mol. The third-order valence-corrected chi connectivity index (χ3v) is 3.29. The molecule has 0 aliphatic carbocycles. The van der Waals surface area contributed by atoms with Crippen LogP contribution in [0.25, 0.3) is 0 Å². The number of nitrogens with zero attached hydrogens (tertiary/aromatic N) is 1. The van der Waals surface area contributed by atoms with Gasteiger partial charge >= 0.3 is 0 Å². The number of aromatic nitrogens is 1. The first-order valence-electron chi connectivity index (χ1n) is 6.61. The van der Waals surface area contributed by atoms with Gasteiger partial charge in [0.15, 0.2) is 0 Å². The van der Waals surface area contributed by atoms with Crippen molar-refractivity contribution in [2.75, 3.05) is 11.9 Å². The van der Waals surface area contributed by atoms with Crippen LogP contribution in [0.3, 0.4) is 0 Å². The first-order chi connectivity index (χ1) is 8.89. The molecular weight excluding hydrogens is 262 g/mol. The van der Waals surface area contributed by atoms with Crippen molar-refractivity contribution in [1.82, 2.24) is 10.3 Å². The number of halogens is 1. The van der Waals surface area contributed by atoms with Crippen molar-refractivity contribution in [3.8, 4) is 0 Å². The minimum absolute atomic E-state index is 0.168. The van der Waals surface area contributed by atoms with E-state index in [0.717, 1.165) is 19.4 Å².